The third-order valence-electron chi connectivity index (χ3n) is 9.91. The van der Waals surface area contributed by atoms with Crippen LogP contribution >= 0.6 is 0 Å². The zero-order valence-electron chi connectivity index (χ0n) is 62.2. The lowest BCUT2D eigenvalue weighted by molar-refractivity contribution is 0.774. The predicted molar refractivity (Wildman–Crippen MR) is 389 cm³/mol. The monoisotopic (exact) mass is 1210 g/mol. The van der Waals surface area contributed by atoms with Gasteiger partial charge in [-0.15, -0.1) is 0 Å². The molecule has 8 aromatic heterocycles. The van der Waals surface area contributed by atoms with Gasteiger partial charge in [-0.25, -0.2) is 19.9 Å². The van der Waals surface area contributed by atoms with Crippen molar-refractivity contribution in [3.8, 4) is 0 Å². The Hall–Kier alpha value is -7.08. The van der Waals surface area contributed by atoms with Gasteiger partial charge in [0.25, 0.3) is 0 Å². The second kappa shape index (κ2) is 76.0. The summed E-state index contributed by atoms with van der Waals surface area (Å²) in [7, 11) is 0. The first-order valence-corrected chi connectivity index (χ1v) is 33.1. The fourth-order valence-corrected chi connectivity index (χ4v) is 5.34. The minimum atomic E-state index is 0.436. The first-order valence-electron chi connectivity index (χ1n) is 33.1. The van der Waals surface area contributed by atoms with Crippen molar-refractivity contribution in [2.45, 2.75) is 269 Å². The molecule has 0 radical (unpaired) electrons. The van der Waals surface area contributed by atoms with E-state index in [-0.39, 0.29) is 0 Å². The van der Waals surface area contributed by atoms with Gasteiger partial charge < -0.3 is 0 Å². The number of rotatable bonds is 8. The molecule has 0 spiro atoms. The summed E-state index contributed by atoms with van der Waals surface area (Å²) < 4.78 is 0. The third kappa shape index (κ3) is 60.6. The fraction of sp³-hybridized carbons (Fsp3) is 0.526. The van der Waals surface area contributed by atoms with E-state index in [1.165, 1.54) is 11.1 Å². The Morgan fingerprint density at radius 2 is 0.511 bits per heavy atom. The summed E-state index contributed by atoms with van der Waals surface area (Å²) in [6, 6.07) is 23.9. The van der Waals surface area contributed by atoms with Crippen LogP contribution < -0.4 is 0 Å². The Kier molecular flexibility index (Phi) is 84.0. The van der Waals surface area contributed by atoms with Crippen molar-refractivity contribution in [3.63, 3.8) is 0 Å². The highest BCUT2D eigenvalue weighted by Crippen LogP contribution is 2.13. The summed E-state index contributed by atoms with van der Waals surface area (Å²) in [6.07, 6.45) is 28.3. The Balaban J connectivity index is -0.000000134. The van der Waals surface area contributed by atoms with E-state index in [2.05, 4.69) is 183 Å². The van der Waals surface area contributed by atoms with E-state index in [9.17, 15) is 0 Å². The highest BCUT2D eigenvalue weighted by atomic mass is 14.9. The molecule has 8 aromatic rings. The van der Waals surface area contributed by atoms with Gasteiger partial charge >= 0.3 is 0 Å². The van der Waals surface area contributed by atoms with Crippen LogP contribution in [0.4, 0.5) is 0 Å². The molecule has 0 aliphatic carbocycles. The molecule has 496 valence electrons. The summed E-state index contributed by atoms with van der Waals surface area (Å²) in [5.74, 6) is 5.11. The molecular weight excluding hydrogens is 1080 g/mol. The normalized spacial score (nSPS) is 8.82. The van der Waals surface area contributed by atoms with Gasteiger partial charge in [-0.1, -0.05) is 246 Å². The zero-order valence-corrected chi connectivity index (χ0v) is 62.2. The SMILES string of the molecule is CC.CC.CC.CC.CC.CC.CC.CC.CC(C)c1ccccn1.CC(C)c1ccccn1.CC(C)c1cccnc1.CC(C)c1cccnc1.CC(C)c1ccncn1.CC(C)c1cnccn1.CC(C)c1cnccn1.CC(C)c1ncccn1. The molecule has 0 N–H and O–H groups in total. The molecule has 0 saturated heterocycles. The van der Waals surface area contributed by atoms with Gasteiger partial charge in [0.15, 0.2) is 0 Å². The first kappa shape index (κ1) is 97.2. The maximum absolute atomic E-state index is 4.18. The molecular formula is C76H132N12. The minimum absolute atomic E-state index is 0.436. The van der Waals surface area contributed by atoms with Gasteiger partial charge in [-0.3, -0.25) is 39.9 Å². The molecule has 0 fully saturated rings. The molecule has 0 atom stereocenters. The van der Waals surface area contributed by atoms with Crippen LogP contribution in [0.1, 0.15) is 314 Å². The van der Waals surface area contributed by atoms with Crippen LogP contribution in [0.15, 0.2) is 172 Å². The molecule has 88 heavy (non-hydrogen) atoms. The van der Waals surface area contributed by atoms with E-state index < -0.39 is 0 Å². The van der Waals surface area contributed by atoms with Crippen LogP contribution in [0.2, 0.25) is 0 Å². The van der Waals surface area contributed by atoms with Gasteiger partial charge in [0.1, 0.15) is 12.2 Å². The number of pyridine rings is 4. The molecule has 0 aliphatic rings. The summed E-state index contributed by atoms with van der Waals surface area (Å²) in [5.41, 5.74) is 8.14. The summed E-state index contributed by atoms with van der Waals surface area (Å²) in [6.45, 7) is 66.0. The predicted octanol–water partition coefficient (Wildman–Crippen LogP) is 23.4. The molecule has 0 bridgehead atoms. The number of aromatic nitrogens is 12. The molecule has 8 rings (SSSR count). The summed E-state index contributed by atoms with van der Waals surface area (Å²) in [4.78, 5) is 48.5. The third-order valence-corrected chi connectivity index (χ3v) is 9.91. The van der Waals surface area contributed by atoms with Crippen molar-refractivity contribution in [1.29, 1.82) is 0 Å². The van der Waals surface area contributed by atoms with Crippen molar-refractivity contribution in [3.05, 3.63) is 217 Å². The molecule has 12 nitrogen and oxygen atoms in total. The average Bonchev–Trinajstić information content (AvgIpc) is 3.61. The smallest absolute Gasteiger partial charge is 0.130 e. The van der Waals surface area contributed by atoms with Gasteiger partial charge in [-0.05, 0) is 101 Å². The van der Waals surface area contributed by atoms with Gasteiger partial charge in [-0.2, -0.15) is 0 Å². The van der Waals surface area contributed by atoms with E-state index in [0.717, 1.165) is 34.3 Å². The molecule has 12 heteroatoms. The van der Waals surface area contributed by atoms with Crippen molar-refractivity contribution < 1.29 is 0 Å². The lowest BCUT2D eigenvalue weighted by Crippen LogP contribution is -1.93. The maximum atomic E-state index is 4.18. The van der Waals surface area contributed by atoms with E-state index >= 15 is 0 Å². The summed E-state index contributed by atoms with van der Waals surface area (Å²) >= 11 is 0. The minimum Gasteiger partial charge on any atom is -0.264 e. The first-order chi connectivity index (χ1) is 42.4. The average molecular weight is 1210 g/mol. The topological polar surface area (TPSA) is 155 Å². The highest BCUT2D eigenvalue weighted by molar-refractivity contribution is 5.13. The van der Waals surface area contributed by atoms with Crippen molar-refractivity contribution in [1.82, 2.24) is 59.8 Å². The van der Waals surface area contributed by atoms with Crippen LogP contribution in [0.25, 0.3) is 0 Å². The number of hydrogen-bond donors (Lipinski definition) is 0. The van der Waals surface area contributed by atoms with Crippen LogP contribution in [-0.4, -0.2) is 59.8 Å². The van der Waals surface area contributed by atoms with Crippen LogP contribution in [0, 0.1) is 0 Å². The van der Waals surface area contributed by atoms with E-state index in [1.54, 1.807) is 74.5 Å². The summed E-state index contributed by atoms with van der Waals surface area (Å²) in [5, 5.41) is 0. The van der Waals surface area contributed by atoms with Crippen molar-refractivity contribution >= 4 is 0 Å². The maximum Gasteiger partial charge on any atom is 0.130 e. The molecule has 0 aromatic carbocycles. The van der Waals surface area contributed by atoms with Gasteiger partial charge in [0.2, 0.25) is 0 Å². The largest absolute Gasteiger partial charge is 0.264 e. The van der Waals surface area contributed by atoms with Crippen molar-refractivity contribution in [2.75, 3.05) is 0 Å². The van der Waals surface area contributed by atoms with Crippen LogP contribution in [0.5, 0.6) is 0 Å². The van der Waals surface area contributed by atoms with Crippen LogP contribution in [-0.2, 0) is 0 Å². The van der Waals surface area contributed by atoms with Crippen molar-refractivity contribution in [2.24, 2.45) is 0 Å². The number of hydrogen-bond acceptors (Lipinski definition) is 12. The Morgan fingerprint density at radius 1 is 0.205 bits per heavy atom. The van der Waals surface area contributed by atoms with Gasteiger partial charge in [0, 0.05) is 116 Å². The van der Waals surface area contributed by atoms with Crippen LogP contribution in [0.3, 0.4) is 0 Å². The Morgan fingerprint density at radius 3 is 0.682 bits per heavy atom. The van der Waals surface area contributed by atoms with E-state index in [0.29, 0.717) is 47.3 Å². The fourth-order valence-electron chi connectivity index (χ4n) is 5.34. The lowest BCUT2D eigenvalue weighted by atomic mass is 10.1. The standard InChI is InChI=1S/4C8H11N.4C7H10N2.8C2H6/c2*1-7(2)8-4-3-5-9-6-8;2*1-7(2)8-5-3-4-6-9-8;2*1-6(2)7-5-8-3-4-9-7;1-6(2)7-3-4-8-5-9-7;1-6(2)7-8-4-3-5-9-7;8*1-2/h4*3-7H,1-2H3;4*3-6H,1-2H3;8*1-2H3. The molecule has 0 saturated carbocycles. The molecule has 0 amide bonds. The van der Waals surface area contributed by atoms with E-state index in [4.69, 9.17) is 0 Å². The second-order valence-electron chi connectivity index (χ2n) is 18.8. The molecule has 0 unspecified atom stereocenters. The molecule has 8 heterocycles. The Labute approximate surface area is 543 Å². The number of nitrogens with zero attached hydrogens (tertiary/aromatic N) is 12. The Bertz CT molecular complexity index is 1870. The quantitative estimate of drug-likeness (QED) is 0.142. The van der Waals surface area contributed by atoms with Gasteiger partial charge in [0.05, 0.1) is 11.4 Å². The zero-order chi connectivity index (χ0) is 69.5. The van der Waals surface area contributed by atoms with E-state index in [1.807, 2.05) is 196 Å². The molecule has 0 aliphatic heterocycles. The highest BCUT2D eigenvalue weighted by Gasteiger charge is 2.01. The lowest BCUT2D eigenvalue weighted by Gasteiger charge is -2.00. The second-order valence-corrected chi connectivity index (χ2v) is 18.8.